The second-order valence-corrected chi connectivity index (χ2v) is 22.7. The molecule has 3 aromatic rings. The Morgan fingerprint density at radius 3 is 2.40 bits per heavy atom. The van der Waals surface area contributed by atoms with Crippen LogP contribution in [0.25, 0.3) is 22.0 Å². The molecule has 4 saturated carbocycles. The van der Waals surface area contributed by atoms with Gasteiger partial charge in [0.25, 0.3) is 5.91 Å². The number of halogens is 1. The molecule has 0 spiro atoms. The van der Waals surface area contributed by atoms with Gasteiger partial charge in [0.2, 0.25) is 27.7 Å². The van der Waals surface area contributed by atoms with Gasteiger partial charge < -0.3 is 34.5 Å². The van der Waals surface area contributed by atoms with Crippen molar-refractivity contribution in [2.24, 2.45) is 29.6 Å². The SMILES string of the molecule is COc1cc2cc(-c3ccc(OC(C)C)cc3)nc(O[C@@H]3C[C@H]4C(=O)N[C@]5(C(=O)NS(=O)(=O)C6(C)CC6)C[C@H]5/C=C\CC[C@@H](C)C[C@@H](C)[C@H](NC(=O)OC5C[C@@H]6C[C@@H]6C5)C(=O)N4C3)c2cc1F. The summed E-state index contributed by atoms with van der Waals surface area (Å²) in [6, 6.07) is 9.64. The smallest absolute Gasteiger partial charge is 0.408 e. The van der Waals surface area contributed by atoms with Crippen molar-refractivity contribution in [1.82, 2.24) is 25.2 Å². The first-order chi connectivity index (χ1) is 31.8. The number of hydrogen-bond donors (Lipinski definition) is 3. The van der Waals surface area contributed by atoms with Crippen LogP contribution in [-0.2, 0) is 29.1 Å². The van der Waals surface area contributed by atoms with Gasteiger partial charge in [0.05, 0.1) is 30.2 Å². The largest absolute Gasteiger partial charge is 0.494 e. The molecule has 3 N–H and O–H groups in total. The van der Waals surface area contributed by atoms with Crippen LogP contribution in [0.15, 0.2) is 54.6 Å². The van der Waals surface area contributed by atoms with Crippen molar-refractivity contribution >= 4 is 44.6 Å². The second kappa shape index (κ2) is 17.9. The highest BCUT2D eigenvalue weighted by atomic mass is 32.2. The molecule has 0 radical (unpaired) electrons. The summed E-state index contributed by atoms with van der Waals surface area (Å²) < 4.78 is 67.2. The topological polar surface area (TPSA) is 192 Å². The molecule has 9 rings (SSSR count). The van der Waals surface area contributed by atoms with Crippen molar-refractivity contribution < 1.29 is 50.9 Å². The third kappa shape index (κ3) is 9.66. The van der Waals surface area contributed by atoms with Crippen molar-refractivity contribution in [2.75, 3.05) is 13.7 Å². The first-order valence-corrected chi connectivity index (χ1v) is 25.3. The molecule has 1 aromatic heterocycles. The standard InChI is InChI=1S/C50H62FN5O10S/c1-27(2)64-35-13-11-30(12-14-35)40-21-33-22-42(63-6)39(51)24-38(33)45(52-40)65-37-23-41-44(57)54-50(47(59)55-67(61,62)49(5)15-16-49)25-34(50)10-8-7-9-28(3)17-29(4)43(46(58)56(41)26-37)53-48(60)66-36-19-31-18-32(31)20-36/h8,10-14,21-22,24,27-29,31-32,34,36-37,41,43H,7,9,15-20,23,25-26H2,1-6H3,(H,53,60)(H,54,57)(H,55,59)/b10-8-/t28-,29-,31-,32+,34-,36?,37-,41+,43+,50-/m1/s1. The molecule has 6 aliphatic rings. The lowest BCUT2D eigenvalue weighted by atomic mass is 9.88. The van der Waals surface area contributed by atoms with Crippen molar-refractivity contribution in [3.8, 4) is 28.6 Å². The van der Waals surface area contributed by atoms with Gasteiger partial charge >= 0.3 is 6.09 Å². The normalized spacial score (nSPS) is 31.5. The number of nitrogens with one attached hydrogen (secondary N) is 3. The number of pyridine rings is 1. The van der Waals surface area contributed by atoms with Gasteiger partial charge in [-0.1, -0.05) is 26.0 Å². The summed E-state index contributed by atoms with van der Waals surface area (Å²) in [4.78, 5) is 64.1. The first kappa shape index (κ1) is 46.7. The fourth-order valence-corrected chi connectivity index (χ4v) is 11.7. The van der Waals surface area contributed by atoms with Crippen LogP contribution in [0, 0.1) is 35.4 Å². The van der Waals surface area contributed by atoms with Crippen molar-refractivity contribution in [3.63, 3.8) is 0 Å². The lowest BCUT2D eigenvalue weighted by Gasteiger charge is -2.33. The van der Waals surface area contributed by atoms with Gasteiger partial charge in [0.1, 0.15) is 35.6 Å². The summed E-state index contributed by atoms with van der Waals surface area (Å²) >= 11 is 0. The summed E-state index contributed by atoms with van der Waals surface area (Å²) in [5, 5.41) is 6.71. The molecule has 1 saturated heterocycles. The summed E-state index contributed by atoms with van der Waals surface area (Å²) in [5.41, 5.74) is -0.386. The van der Waals surface area contributed by atoms with Gasteiger partial charge in [-0.3, -0.25) is 19.1 Å². The van der Waals surface area contributed by atoms with Gasteiger partial charge in [-0.2, -0.15) is 0 Å². The maximum Gasteiger partial charge on any atom is 0.408 e. The fraction of sp³-hybridized carbons (Fsp3) is 0.580. The van der Waals surface area contributed by atoms with Gasteiger partial charge in [-0.05, 0) is 150 Å². The van der Waals surface area contributed by atoms with E-state index in [9.17, 15) is 22.8 Å². The molecular formula is C50H62FN5O10S. The minimum Gasteiger partial charge on any atom is -0.494 e. The summed E-state index contributed by atoms with van der Waals surface area (Å²) in [6.07, 6.45) is 7.54. The number of carbonyl (C=O) groups excluding carboxylic acids is 4. The monoisotopic (exact) mass is 943 g/mol. The van der Waals surface area contributed by atoms with E-state index in [0.29, 0.717) is 65.3 Å². The Bertz CT molecular complexity index is 2580. The Morgan fingerprint density at radius 2 is 1.72 bits per heavy atom. The number of benzene rings is 2. The third-order valence-corrected chi connectivity index (χ3v) is 17.0. The van der Waals surface area contributed by atoms with Crippen LogP contribution in [0.5, 0.6) is 17.4 Å². The van der Waals surface area contributed by atoms with E-state index < -0.39 is 74.0 Å². The van der Waals surface area contributed by atoms with Crippen LogP contribution in [0.4, 0.5) is 9.18 Å². The number of amides is 4. The molecule has 67 heavy (non-hydrogen) atoms. The van der Waals surface area contributed by atoms with Crippen LogP contribution in [0.2, 0.25) is 0 Å². The highest BCUT2D eigenvalue weighted by molar-refractivity contribution is 7.91. The second-order valence-electron chi connectivity index (χ2n) is 20.5. The molecule has 360 valence electrons. The van der Waals surface area contributed by atoms with E-state index in [4.69, 9.17) is 23.9 Å². The number of carbonyl (C=O) groups is 4. The number of alkyl carbamates (subject to hydrolysis) is 1. The number of ether oxygens (including phenoxy) is 4. The van der Waals surface area contributed by atoms with Gasteiger partial charge in [0.15, 0.2) is 11.6 Å². The Balaban J connectivity index is 1.06. The van der Waals surface area contributed by atoms with Gasteiger partial charge in [0, 0.05) is 23.3 Å². The van der Waals surface area contributed by atoms with E-state index in [2.05, 4.69) is 22.3 Å². The summed E-state index contributed by atoms with van der Waals surface area (Å²) in [7, 11) is -2.68. The first-order valence-electron chi connectivity index (χ1n) is 23.8. The molecule has 4 amide bonds. The molecule has 5 fully saturated rings. The number of hydrogen-bond acceptors (Lipinski definition) is 11. The average Bonchev–Trinajstić information content (AvgIpc) is 4.23. The van der Waals surface area contributed by atoms with Crippen LogP contribution in [-0.4, -0.2) is 96.5 Å². The molecule has 3 heterocycles. The van der Waals surface area contributed by atoms with Crippen LogP contribution < -0.4 is 29.6 Å². The number of allylic oxidation sites excluding steroid dienone is 1. The number of sulfonamides is 1. The molecule has 4 aliphatic carbocycles. The van der Waals surface area contributed by atoms with Crippen LogP contribution in [0.1, 0.15) is 98.8 Å². The van der Waals surface area contributed by atoms with Crippen molar-refractivity contribution in [3.05, 3.63) is 60.4 Å². The summed E-state index contributed by atoms with van der Waals surface area (Å²) in [6.45, 7) is 9.29. The minimum absolute atomic E-state index is 0.0146. The molecular weight excluding hydrogens is 882 g/mol. The summed E-state index contributed by atoms with van der Waals surface area (Å²) in [5.74, 6) is -1.61. The lowest BCUT2D eigenvalue weighted by molar-refractivity contribution is -0.142. The maximum atomic E-state index is 15.5. The molecule has 15 nitrogen and oxygen atoms in total. The lowest BCUT2D eigenvalue weighted by Crippen LogP contribution is -2.59. The highest BCUT2D eigenvalue weighted by Gasteiger charge is 2.63. The number of rotatable bonds is 11. The van der Waals surface area contributed by atoms with Crippen molar-refractivity contribution in [1.29, 1.82) is 0 Å². The zero-order chi connectivity index (χ0) is 47.6. The number of fused-ring (bicyclic) bond motifs is 4. The maximum absolute atomic E-state index is 15.5. The van der Waals surface area contributed by atoms with Gasteiger partial charge in [-0.15, -0.1) is 0 Å². The zero-order valence-electron chi connectivity index (χ0n) is 39.0. The Hall–Kier alpha value is -5.45. The Labute approximate surface area is 391 Å². The van der Waals surface area contributed by atoms with E-state index in [1.165, 1.54) is 18.1 Å². The number of nitrogens with zero attached hydrogens (tertiary/aromatic N) is 2. The molecule has 2 aliphatic heterocycles. The number of methoxy groups -OCH3 is 1. The average molecular weight is 944 g/mol. The third-order valence-electron chi connectivity index (χ3n) is 14.9. The molecule has 2 aromatic carbocycles. The fourth-order valence-electron chi connectivity index (χ4n) is 10.4. The van der Waals surface area contributed by atoms with E-state index in [-0.39, 0.29) is 55.1 Å². The Kier molecular flexibility index (Phi) is 12.5. The van der Waals surface area contributed by atoms with E-state index >= 15 is 9.18 Å². The van der Waals surface area contributed by atoms with Crippen LogP contribution in [0.3, 0.4) is 0 Å². The van der Waals surface area contributed by atoms with E-state index in [1.54, 1.807) is 19.1 Å². The van der Waals surface area contributed by atoms with Gasteiger partial charge in [-0.25, -0.2) is 22.6 Å². The Morgan fingerprint density at radius 1 is 0.985 bits per heavy atom. The predicted molar refractivity (Wildman–Crippen MR) is 247 cm³/mol. The number of aromatic nitrogens is 1. The molecule has 1 unspecified atom stereocenters. The van der Waals surface area contributed by atoms with E-state index in [0.717, 1.165) is 25.7 Å². The van der Waals surface area contributed by atoms with Crippen LogP contribution >= 0.6 is 0 Å². The molecule has 17 heteroatoms. The highest BCUT2D eigenvalue weighted by Crippen LogP contribution is 2.53. The minimum atomic E-state index is -4.06. The van der Waals surface area contributed by atoms with E-state index in [1.807, 2.05) is 57.2 Å². The molecule has 10 atom stereocenters. The zero-order valence-corrected chi connectivity index (χ0v) is 39.8. The van der Waals surface area contributed by atoms with Crippen molar-refractivity contribution in [2.45, 2.75) is 140 Å². The molecule has 0 bridgehead atoms. The predicted octanol–water partition coefficient (Wildman–Crippen LogP) is 6.96. The quantitative estimate of drug-likeness (QED) is 0.168.